The van der Waals surface area contributed by atoms with Gasteiger partial charge in [-0.2, -0.15) is 0 Å². The summed E-state index contributed by atoms with van der Waals surface area (Å²) < 4.78 is 10.4. The standard InChI is InChI=1S/C23H28N4O4/c1-5-14(2)21(22-25-16-8-6-7-9-17(16)26-22)27-20(28)13-24-23(29)15-10-11-18(30-3)19(12-15)31-4/h6-12,14,21H,5,13H2,1-4H3,(H,24,29)(H,25,26)(H,27,28). The molecule has 0 aliphatic rings. The quantitative estimate of drug-likeness (QED) is 0.489. The topological polar surface area (TPSA) is 105 Å². The highest BCUT2D eigenvalue weighted by Gasteiger charge is 2.24. The summed E-state index contributed by atoms with van der Waals surface area (Å²) in [5, 5.41) is 5.65. The summed E-state index contributed by atoms with van der Waals surface area (Å²) in [6, 6.07) is 12.3. The normalized spacial score (nSPS) is 12.8. The number of hydrogen-bond acceptors (Lipinski definition) is 5. The first-order chi connectivity index (χ1) is 15.0. The number of H-pyrrole nitrogens is 1. The highest BCUT2D eigenvalue weighted by atomic mass is 16.5. The molecular formula is C23H28N4O4. The van der Waals surface area contributed by atoms with Crippen molar-refractivity contribution in [3.63, 3.8) is 0 Å². The number of para-hydroxylation sites is 2. The lowest BCUT2D eigenvalue weighted by Gasteiger charge is -2.22. The zero-order valence-corrected chi connectivity index (χ0v) is 18.2. The van der Waals surface area contributed by atoms with E-state index in [-0.39, 0.29) is 30.3 Å². The van der Waals surface area contributed by atoms with Crippen LogP contribution in [-0.2, 0) is 4.79 Å². The predicted octanol–water partition coefficient (Wildman–Crippen LogP) is 3.21. The van der Waals surface area contributed by atoms with E-state index < -0.39 is 0 Å². The molecule has 0 radical (unpaired) electrons. The van der Waals surface area contributed by atoms with Gasteiger partial charge >= 0.3 is 0 Å². The van der Waals surface area contributed by atoms with Crippen LogP contribution in [0.3, 0.4) is 0 Å². The van der Waals surface area contributed by atoms with Crippen molar-refractivity contribution in [3.05, 3.63) is 53.9 Å². The van der Waals surface area contributed by atoms with Gasteiger partial charge in [-0.05, 0) is 36.2 Å². The van der Waals surface area contributed by atoms with Gasteiger partial charge in [0, 0.05) is 5.56 Å². The van der Waals surface area contributed by atoms with E-state index >= 15 is 0 Å². The average Bonchev–Trinajstić information content (AvgIpc) is 3.23. The minimum Gasteiger partial charge on any atom is -0.493 e. The van der Waals surface area contributed by atoms with E-state index in [1.165, 1.54) is 14.2 Å². The van der Waals surface area contributed by atoms with Gasteiger partial charge in [-0.1, -0.05) is 32.4 Å². The first-order valence-electron chi connectivity index (χ1n) is 10.2. The second-order valence-electron chi connectivity index (χ2n) is 7.32. The molecule has 3 N–H and O–H groups in total. The van der Waals surface area contributed by atoms with Crippen molar-refractivity contribution >= 4 is 22.8 Å². The monoisotopic (exact) mass is 424 g/mol. The van der Waals surface area contributed by atoms with Crippen LogP contribution in [0.1, 0.15) is 42.5 Å². The summed E-state index contributed by atoms with van der Waals surface area (Å²) in [7, 11) is 3.03. The lowest BCUT2D eigenvalue weighted by Crippen LogP contribution is -2.40. The maximum atomic E-state index is 12.6. The van der Waals surface area contributed by atoms with Crippen molar-refractivity contribution in [3.8, 4) is 11.5 Å². The number of aromatic amines is 1. The number of amides is 2. The van der Waals surface area contributed by atoms with Crippen molar-refractivity contribution < 1.29 is 19.1 Å². The number of imidazole rings is 1. The number of hydrogen-bond donors (Lipinski definition) is 3. The van der Waals surface area contributed by atoms with Crippen molar-refractivity contribution in [1.82, 2.24) is 20.6 Å². The molecule has 0 fully saturated rings. The first-order valence-corrected chi connectivity index (χ1v) is 10.2. The van der Waals surface area contributed by atoms with Gasteiger partial charge in [0.05, 0.1) is 37.8 Å². The molecule has 164 valence electrons. The molecule has 31 heavy (non-hydrogen) atoms. The van der Waals surface area contributed by atoms with Gasteiger partial charge in [0.25, 0.3) is 5.91 Å². The van der Waals surface area contributed by atoms with Gasteiger partial charge in [0.15, 0.2) is 11.5 Å². The van der Waals surface area contributed by atoms with Gasteiger partial charge in [0.1, 0.15) is 5.82 Å². The molecule has 3 rings (SSSR count). The second-order valence-corrected chi connectivity index (χ2v) is 7.32. The number of benzene rings is 2. The highest BCUT2D eigenvalue weighted by Crippen LogP contribution is 2.27. The van der Waals surface area contributed by atoms with Crippen LogP contribution < -0.4 is 20.1 Å². The minimum absolute atomic E-state index is 0.152. The smallest absolute Gasteiger partial charge is 0.251 e. The van der Waals surface area contributed by atoms with Gasteiger partial charge in [-0.3, -0.25) is 9.59 Å². The molecule has 0 saturated carbocycles. The van der Waals surface area contributed by atoms with E-state index in [1.807, 2.05) is 24.3 Å². The fraction of sp³-hybridized carbons (Fsp3) is 0.348. The SMILES string of the molecule is CCC(C)C(NC(=O)CNC(=O)c1ccc(OC)c(OC)c1)c1nc2ccccc2[nH]1. The van der Waals surface area contributed by atoms with Crippen LogP contribution >= 0.6 is 0 Å². The number of ether oxygens (including phenoxy) is 2. The Labute approximate surface area is 181 Å². The molecular weight excluding hydrogens is 396 g/mol. The molecule has 0 saturated heterocycles. The Balaban J connectivity index is 1.66. The van der Waals surface area contributed by atoms with Crippen LogP contribution in [0.25, 0.3) is 11.0 Å². The predicted molar refractivity (Wildman–Crippen MR) is 118 cm³/mol. The van der Waals surface area contributed by atoms with Gasteiger partial charge in [-0.15, -0.1) is 0 Å². The molecule has 2 aromatic carbocycles. The number of carbonyl (C=O) groups excluding carboxylic acids is 2. The van der Waals surface area contributed by atoms with Crippen LogP contribution in [-0.4, -0.2) is 42.5 Å². The molecule has 1 aromatic heterocycles. The van der Waals surface area contributed by atoms with Crippen LogP contribution in [0.15, 0.2) is 42.5 Å². The Morgan fingerprint density at radius 2 is 1.84 bits per heavy atom. The molecule has 2 atom stereocenters. The zero-order chi connectivity index (χ0) is 22.4. The Morgan fingerprint density at radius 1 is 1.10 bits per heavy atom. The fourth-order valence-corrected chi connectivity index (χ4v) is 3.30. The van der Waals surface area contributed by atoms with Crippen molar-refractivity contribution in [2.75, 3.05) is 20.8 Å². The summed E-state index contributed by atoms with van der Waals surface area (Å²) in [4.78, 5) is 33.0. The second kappa shape index (κ2) is 9.97. The lowest BCUT2D eigenvalue weighted by atomic mass is 9.98. The van der Waals surface area contributed by atoms with Crippen molar-refractivity contribution in [2.45, 2.75) is 26.3 Å². The van der Waals surface area contributed by atoms with E-state index in [2.05, 4.69) is 34.4 Å². The molecule has 8 heteroatoms. The third kappa shape index (κ3) is 5.14. The Bertz CT molecular complexity index is 1030. The van der Waals surface area contributed by atoms with Crippen molar-refractivity contribution in [1.29, 1.82) is 0 Å². The number of nitrogens with one attached hydrogen (secondary N) is 3. The third-order valence-corrected chi connectivity index (χ3v) is 5.29. The maximum absolute atomic E-state index is 12.6. The Kier molecular flexibility index (Phi) is 7.12. The Hall–Kier alpha value is -3.55. The largest absolute Gasteiger partial charge is 0.493 e. The lowest BCUT2D eigenvalue weighted by molar-refractivity contribution is -0.121. The molecule has 8 nitrogen and oxygen atoms in total. The molecule has 0 spiro atoms. The molecule has 0 bridgehead atoms. The van der Waals surface area contributed by atoms with Crippen LogP contribution in [0.5, 0.6) is 11.5 Å². The van der Waals surface area contributed by atoms with Crippen LogP contribution in [0.4, 0.5) is 0 Å². The van der Waals surface area contributed by atoms with E-state index in [1.54, 1.807) is 18.2 Å². The number of aromatic nitrogens is 2. The molecule has 2 amide bonds. The molecule has 3 aromatic rings. The van der Waals surface area contributed by atoms with Gasteiger partial charge in [0.2, 0.25) is 5.91 Å². The average molecular weight is 425 g/mol. The maximum Gasteiger partial charge on any atom is 0.251 e. The summed E-state index contributed by atoms with van der Waals surface area (Å²) in [5.41, 5.74) is 2.14. The molecule has 0 aliphatic heterocycles. The number of methoxy groups -OCH3 is 2. The third-order valence-electron chi connectivity index (χ3n) is 5.29. The molecule has 0 aliphatic carbocycles. The van der Waals surface area contributed by atoms with Crippen LogP contribution in [0, 0.1) is 5.92 Å². The number of rotatable bonds is 9. The van der Waals surface area contributed by atoms with Crippen molar-refractivity contribution in [2.24, 2.45) is 5.92 Å². The summed E-state index contributed by atoms with van der Waals surface area (Å²) >= 11 is 0. The minimum atomic E-state index is -0.375. The number of nitrogens with zero attached hydrogens (tertiary/aromatic N) is 1. The fourth-order valence-electron chi connectivity index (χ4n) is 3.30. The summed E-state index contributed by atoms with van der Waals surface area (Å²) in [6.45, 7) is 3.96. The van der Waals surface area contributed by atoms with Gasteiger partial charge in [-0.25, -0.2) is 4.98 Å². The summed E-state index contributed by atoms with van der Waals surface area (Å²) in [5.74, 6) is 1.17. The van der Waals surface area contributed by atoms with E-state index in [0.717, 1.165) is 17.5 Å². The van der Waals surface area contributed by atoms with Gasteiger partial charge < -0.3 is 25.1 Å². The first kappa shape index (κ1) is 22.1. The van der Waals surface area contributed by atoms with E-state index in [0.29, 0.717) is 22.9 Å². The zero-order valence-electron chi connectivity index (χ0n) is 18.2. The van der Waals surface area contributed by atoms with E-state index in [4.69, 9.17) is 9.47 Å². The summed E-state index contributed by atoms with van der Waals surface area (Å²) in [6.07, 6.45) is 0.861. The van der Waals surface area contributed by atoms with Crippen LogP contribution in [0.2, 0.25) is 0 Å². The number of fused-ring (bicyclic) bond motifs is 1. The highest BCUT2D eigenvalue weighted by molar-refractivity contribution is 5.97. The van der Waals surface area contributed by atoms with E-state index in [9.17, 15) is 9.59 Å². The Morgan fingerprint density at radius 3 is 2.52 bits per heavy atom. The molecule has 1 heterocycles. The molecule has 2 unspecified atom stereocenters. The number of carbonyl (C=O) groups is 2.